The number of nitrogens with one attached hydrogen (secondary N) is 1. The molecule has 5 nitrogen and oxygen atoms in total. The third-order valence-electron chi connectivity index (χ3n) is 4.52. The maximum atomic E-state index is 12.8. The zero-order chi connectivity index (χ0) is 18.0. The van der Waals surface area contributed by atoms with Crippen molar-refractivity contribution in [3.63, 3.8) is 0 Å². The number of amidine groups is 1. The number of hydrogen-bond acceptors (Lipinski definition) is 3. The van der Waals surface area contributed by atoms with Gasteiger partial charge in [0.25, 0.3) is 5.91 Å². The van der Waals surface area contributed by atoms with Crippen molar-refractivity contribution in [2.24, 2.45) is 4.99 Å². The van der Waals surface area contributed by atoms with Crippen molar-refractivity contribution in [3.05, 3.63) is 58.8 Å². The third-order valence-corrected chi connectivity index (χ3v) is 4.77. The molecule has 0 bridgehead atoms. The standard InChI is InChI=1S/C19H20ClN3O2/c1-13-4-3-11-23-17(13)22-16(24)12-19(23,2)18(25)21-10-9-14-5-7-15(20)8-6-14/h3-8,11H,9-10,12H2,1-2H3,(H,21,25). The lowest BCUT2D eigenvalue weighted by Gasteiger charge is -2.42. The summed E-state index contributed by atoms with van der Waals surface area (Å²) in [7, 11) is 0. The van der Waals surface area contributed by atoms with E-state index in [1.54, 1.807) is 18.0 Å². The highest BCUT2D eigenvalue weighted by Gasteiger charge is 2.45. The van der Waals surface area contributed by atoms with E-state index in [1.807, 2.05) is 43.3 Å². The molecule has 0 aromatic heterocycles. The number of halogens is 1. The van der Waals surface area contributed by atoms with E-state index < -0.39 is 5.54 Å². The molecular weight excluding hydrogens is 338 g/mol. The molecule has 0 saturated heterocycles. The normalized spacial score (nSPS) is 22.2. The first-order valence-electron chi connectivity index (χ1n) is 8.19. The lowest BCUT2D eigenvalue weighted by Crippen LogP contribution is -2.60. The number of amides is 2. The number of hydrogen-bond donors (Lipinski definition) is 1. The van der Waals surface area contributed by atoms with Crippen molar-refractivity contribution in [1.29, 1.82) is 0 Å². The van der Waals surface area contributed by atoms with Gasteiger partial charge in [0.15, 0.2) is 0 Å². The van der Waals surface area contributed by atoms with E-state index in [2.05, 4.69) is 10.3 Å². The summed E-state index contributed by atoms with van der Waals surface area (Å²) in [6.07, 6.45) is 6.30. The van der Waals surface area contributed by atoms with E-state index in [-0.39, 0.29) is 18.2 Å². The molecule has 2 aliphatic heterocycles. The molecule has 1 atom stereocenters. The number of allylic oxidation sites excluding steroid dienone is 2. The summed E-state index contributed by atoms with van der Waals surface area (Å²) in [5.74, 6) is 0.0975. The molecule has 6 heteroatoms. The number of fused-ring (bicyclic) bond motifs is 1. The molecule has 0 aliphatic carbocycles. The van der Waals surface area contributed by atoms with Crippen LogP contribution < -0.4 is 5.32 Å². The Hall–Kier alpha value is -2.40. The first-order chi connectivity index (χ1) is 11.9. The summed E-state index contributed by atoms with van der Waals surface area (Å²) in [4.78, 5) is 30.8. The Morgan fingerprint density at radius 2 is 2.08 bits per heavy atom. The lowest BCUT2D eigenvalue weighted by molar-refractivity contribution is -0.134. The number of carbonyl (C=O) groups excluding carboxylic acids is 2. The molecule has 2 heterocycles. The summed E-state index contributed by atoms with van der Waals surface area (Å²) < 4.78 is 0. The monoisotopic (exact) mass is 357 g/mol. The predicted octanol–water partition coefficient (Wildman–Crippen LogP) is 2.86. The molecule has 0 radical (unpaired) electrons. The second kappa shape index (κ2) is 6.84. The topological polar surface area (TPSA) is 61.8 Å². The van der Waals surface area contributed by atoms with Gasteiger partial charge in [-0.15, -0.1) is 0 Å². The van der Waals surface area contributed by atoms with Gasteiger partial charge in [-0.05, 0) is 49.6 Å². The second-order valence-corrected chi connectivity index (χ2v) is 6.91. The Balaban J connectivity index is 1.69. The van der Waals surface area contributed by atoms with E-state index >= 15 is 0 Å². The Morgan fingerprint density at radius 3 is 2.80 bits per heavy atom. The van der Waals surface area contributed by atoms with E-state index in [0.29, 0.717) is 23.8 Å². The molecule has 1 N–H and O–H groups in total. The average molecular weight is 358 g/mol. The Bertz CT molecular complexity index is 795. The smallest absolute Gasteiger partial charge is 0.250 e. The molecule has 0 saturated carbocycles. The first kappa shape index (κ1) is 17.4. The molecule has 2 aliphatic rings. The van der Waals surface area contributed by atoms with Gasteiger partial charge < -0.3 is 10.2 Å². The highest BCUT2D eigenvalue weighted by atomic mass is 35.5. The zero-order valence-electron chi connectivity index (χ0n) is 14.3. The quantitative estimate of drug-likeness (QED) is 0.901. The Kier molecular flexibility index (Phi) is 4.77. The highest BCUT2D eigenvalue weighted by molar-refractivity contribution is 6.30. The Labute approximate surface area is 152 Å². The second-order valence-electron chi connectivity index (χ2n) is 6.47. The molecule has 0 fully saturated rings. The van der Waals surface area contributed by atoms with Gasteiger partial charge in [-0.3, -0.25) is 9.59 Å². The van der Waals surface area contributed by atoms with E-state index in [4.69, 9.17) is 11.6 Å². The fourth-order valence-corrected chi connectivity index (χ4v) is 3.16. The van der Waals surface area contributed by atoms with Crippen molar-refractivity contribution >= 4 is 29.3 Å². The Morgan fingerprint density at radius 1 is 1.36 bits per heavy atom. The van der Waals surface area contributed by atoms with Crippen molar-refractivity contribution in [1.82, 2.24) is 10.2 Å². The van der Waals surface area contributed by atoms with Gasteiger partial charge in [0.1, 0.15) is 11.4 Å². The number of nitrogens with zero attached hydrogens (tertiary/aromatic N) is 2. The SMILES string of the molecule is CC1=CC=CN2C1=NC(=O)CC2(C)C(=O)NCCc1ccc(Cl)cc1. The van der Waals surface area contributed by atoms with Gasteiger partial charge >= 0.3 is 0 Å². The van der Waals surface area contributed by atoms with E-state index in [9.17, 15) is 9.59 Å². The van der Waals surface area contributed by atoms with Gasteiger partial charge in [-0.2, -0.15) is 4.99 Å². The number of benzene rings is 1. The maximum Gasteiger partial charge on any atom is 0.250 e. The van der Waals surface area contributed by atoms with Crippen LogP contribution in [0.2, 0.25) is 5.02 Å². The number of rotatable bonds is 4. The zero-order valence-corrected chi connectivity index (χ0v) is 15.0. The predicted molar refractivity (Wildman–Crippen MR) is 98.4 cm³/mol. The largest absolute Gasteiger partial charge is 0.354 e. The molecule has 130 valence electrons. The minimum absolute atomic E-state index is 0.0564. The maximum absolute atomic E-state index is 12.8. The van der Waals surface area contributed by atoms with Crippen molar-refractivity contribution in [2.75, 3.05) is 6.54 Å². The summed E-state index contributed by atoms with van der Waals surface area (Å²) in [6, 6.07) is 7.53. The molecule has 1 aromatic carbocycles. The average Bonchev–Trinajstić information content (AvgIpc) is 2.57. The fraction of sp³-hybridized carbons (Fsp3) is 0.316. The van der Waals surface area contributed by atoms with Crippen LogP contribution in [0.1, 0.15) is 25.8 Å². The van der Waals surface area contributed by atoms with Crippen LogP contribution in [0.3, 0.4) is 0 Å². The van der Waals surface area contributed by atoms with Crippen LogP contribution in [0.15, 0.2) is 53.2 Å². The van der Waals surface area contributed by atoms with Gasteiger partial charge in [-0.25, -0.2) is 0 Å². The molecule has 2 amide bonds. The number of aliphatic imine (C=N–C) groups is 1. The summed E-state index contributed by atoms with van der Waals surface area (Å²) >= 11 is 5.88. The first-order valence-corrected chi connectivity index (χ1v) is 8.57. The van der Waals surface area contributed by atoms with Gasteiger partial charge in [0.05, 0.1) is 6.42 Å². The molecule has 3 rings (SSSR count). The van der Waals surface area contributed by atoms with E-state index in [1.165, 1.54) is 0 Å². The van der Waals surface area contributed by atoms with Crippen molar-refractivity contribution in [2.45, 2.75) is 32.2 Å². The molecule has 0 spiro atoms. The molecule has 25 heavy (non-hydrogen) atoms. The minimum atomic E-state index is -0.972. The van der Waals surface area contributed by atoms with Crippen LogP contribution in [0.5, 0.6) is 0 Å². The minimum Gasteiger partial charge on any atom is -0.354 e. The van der Waals surface area contributed by atoms with Crippen LogP contribution in [-0.4, -0.2) is 34.6 Å². The van der Waals surface area contributed by atoms with Gasteiger partial charge in [-0.1, -0.05) is 29.8 Å². The van der Waals surface area contributed by atoms with Crippen molar-refractivity contribution in [3.8, 4) is 0 Å². The summed E-state index contributed by atoms with van der Waals surface area (Å²) in [5.41, 5.74) is 0.990. The van der Waals surface area contributed by atoms with Crippen LogP contribution >= 0.6 is 11.6 Å². The number of carbonyl (C=O) groups is 2. The third kappa shape index (κ3) is 3.51. The summed E-state index contributed by atoms with van der Waals surface area (Å²) in [5, 5.41) is 3.64. The van der Waals surface area contributed by atoms with Gasteiger partial charge in [0, 0.05) is 17.8 Å². The molecular formula is C19H20ClN3O2. The van der Waals surface area contributed by atoms with Crippen LogP contribution in [0.4, 0.5) is 0 Å². The van der Waals surface area contributed by atoms with Gasteiger partial charge in [0.2, 0.25) is 5.91 Å². The molecule has 1 aromatic rings. The fourth-order valence-electron chi connectivity index (χ4n) is 3.04. The summed E-state index contributed by atoms with van der Waals surface area (Å²) in [6.45, 7) is 4.15. The van der Waals surface area contributed by atoms with Crippen molar-refractivity contribution < 1.29 is 9.59 Å². The van der Waals surface area contributed by atoms with Crippen LogP contribution in [-0.2, 0) is 16.0 Å². The highest BCUT2D eigenvalue weighted by Crippen LogP contribution is 2.30. The molecule has 1 unspecified atom stereocenters. The van der Waals surface area contributed by atoms with E-state index in [0.717, 1.165) is 11.1 Å². The lowest BCUT2D eigenvalue weighted by atomic mass is 9.90. The van der Waals surface area contributed by atoms with Crippen LogP contribution in [0.25, 0.3) is 0 Å². The van der Waals surface area contributed by atoms with Crippen LogP contribution in [0, 0.1) is 0 Å².